The van der Waals surface area contributed by atoms with Crippen molar-refractivity contribution >= 4 is 34.7 Å². The largest absolute Gasteiger partial charge is 0.322 e. The maximum Gasteiger partial charge on any atom is 0.258 e. The number of aromatic nitrogens is 1. The molecule has 0 bridgehead atoms. The number of thiophene rings is 1. The Morgan fingerprint density at radius 1 is 1.15 bits per heavy atom. The number of anilines is 1. The molecule has 0 saturated heterocycles. The number of rotatable bonds is 4. The fourth-order valence-corrected chi connectivity index (χ4v) is 3.66. The van der Waals surface area contributed by atoms with Crippen LogP contribution in [0.15, 0.2) is 65.1 Å². The summed E-state index contributed by atoms with van der Waals surface area (Å²) in [6.45, 7) is 4.16. The van der Waals surface area contributed by atoms with Gasteiger partial charge in [0, 0.05) is 22.7 Å². The normalized spacial score (nSPS) is 10.3. The zero-order valence-corrected chi connectivity index (χ0v) is 16.2. The lowest BCUT2D eigenvalue weighted by molar-refractivity contribution is 0.102. The Morgan fingerprint density at radius 3 is 2.81 bits per heavy atom. The Balaban J connectivity index is 1.77. The van der Waals surface area contributed by atoms with E-state index in [0.29, 0.717) is 10.8 Å². The molecule has 0 atom stereocenters. The lowest BCUT2D eigenvalue weighted by Crippen LogP contribution is -2.14. The van der Waals surface area contributed by atoms with Gasteiger partial charge in [0.15, 0.2) is 0 Å². The van der Waals surface area contributed by atoms with E-state index in [2.05, 4.69) is 36.0 Å². The second-order valence-electron chi connectivity index (χ2n) is 5.78. The molecule has 1 amide bonds. The van der Waals surface area contributed by atoms with Gasteiger partial charge in [-0.1, -0.05) is 37.8 Å². The lowest BCUT2D eigenvalue weighted by Gasteiger charge is -2.10. The maximum absolute atomic E-state index is 12.7. The zero-order valence-electron chi connectivity index (χ0n) is 14.5. The number of nitrogens with zero attached hydrogens (tertiary/aromatic N) is 1. The number of benzene rings is 1. The van der Waals surface area contributed by atoms with E-state index >= 15 is 0 Å². The molecule has 26 heavy (non-hydrogen) atoms. The van der Waals surface area contributed by atoms with E-state index in [9.17, 15) is 4.79 Å². The lowest BCUT2D eigenvalue weighted by atomic mass is 10.2. The summed E-state index contributed by atoms with van der Waals surface area (Å²) in [6, 6.07) is 15.1. The average molecular weight is 379 g/mol. The van der Waals surface area contributed by atoms with Gasteiger partial charge in [0.25, 0.3) is 5.91 Å². The van der Waals surface area contributed by atoms with Crippen LogP contribution in [0.4, 0.5) is 5.69 Å². The van der Waals surface area contributed by atoms with Crippen molar-refractivity contribution in [3.8, 4) is 11.8 Å². The van der Waals surface area contributed by atoms with E-state index in [0.717, 1.165) is 21.2 Å². The number of hydrogen-bond acceptors (Lipinski definition) is 4. The van der Waals surface area contributed by atoms with Gasteiger partial charge in [0.05, 0.1) is 10.4 Å². The first-order chi connectivity index (χ1) is 12.6. The molecule has 3 rings (SSSR count). The molecule has 0 spiro atoms. The Morgan fingerprint density at radius 2 is 2.04 bits per heavy atom. The summed E-state index contributed by atoms with van der Waals surface area (Å²) < 4.78 is 0. The Hall–Kier alpha value is -2.55. The first-order valence-corrected chi connectivity index (χ1v) is 9.96. The minimum atomic E-state index is -0.162. The predicted molar refractivity (Wildman–Crippen MR) is 110 cm³/mol. The maximum atomic E-state index is 12.7. The predicted octanol–water partition coefficient (Wildman–Crippen LogP) is 5.30. The van der Waals surface area contributed by atoms with Gasteiger partial charge in [0.2, 0.25) is 0 Å². The minimum Gasteiger partial charge on any atom is -0.322 e. The van der Waals surface area contributed by atoms with Crippen LogP contribution >= 0.6 is 23.1 Å². The smallest absolute Gasteiger partial charge is 0.258 e. The first-order valence-electron chi connectivity index (χ1n) is 8.20. The van der Waals surface area contributed by atoms with Crippen LogP contribution in [0.2, 0.25) is 0 Å². The number of pyridine rings is 1. The van der Waals surface area contributed by atoms with Crippen molar-refractivity contribution in [3.05, 3.63) is 76.1 Å². The molecule has 5 heteroatoms. The Bertz CT molecular complexity index is 953. The van der Waals surface area contributed by atoms with Gasteiger partial charge in [0.1, 0.15) is 5.03 Å². The van der Waals surface area contributed by atoms with Crippen LogP contribution in [0.1, 0.15) is 34.6 Å². The van der Waals surface area contributed by atoms with Crippen LogP contribution in [0.25, 0.3) is 0 Å². The van der Waals surface area contributed by atoms with Crippen molar-refractivity contribution in [1.82, 2.24) is 4.98 Å². The molecule has 2 heterocycles. The van der Waals surface area contributed by atoms with Gasteiger partial charge in [-0.3, -0.25) is 4.79 Å². The summed E-state index contributed by atoms with van der Waals surface area (Å²) in [5.41, 5.74) is 2.16. The van der Waals surface area contributed by atoms with Crippen molar-refractivity contribution in [2.45, 2.75) is 24.1 Å². The Labute approximate surface area is 161 Å². The Kier molecular flexibility index (Phi) is 6.11. The summed E-state index contributed by atoms with van der Waals surface area (Å²) in [5, 5.41) is 6.05. The number of thioether (sulfide) groups is 1. The summed E-state index contributed by atoms with van der Waals surface area (Å²) >= 11 is 3.19. The summed E-state index contributed by atoms with van der Waals surface area (Å²) in [7, 11) is 0. The van der Waals surface area contributed by atoms with Gasteiger partial charge in [-0.05, 0) is 41.8 Å². The van der Waals surface area contributed by atoms with E-state index in [-0.39, 0.29) is 5.91 Å². The van der Waals surface area contributed by atoms with Crippen LogP contribution in [0, 0.1) is 11.8 Å². The molecular formula is C21H18N2OS2. The quantitative estimate of drug-likeness (QED) is 0.495. The molecule has 0 unspecified atom stereocenters. The van der Waals surface area contributed by atoms with E-state index in [1.165, 1.54) is 0 Å². The van der Waals surface area contributed by atoms with Crippen molar-refractivity contribution < 1.29 is 4.79 Å². The van der Waals surface area contributed by atoms with Crippen molar-refractivity contribution in [3.63, 3.8) is 0 Å². The molecule has 0 aliphatic heterocycles. The van der Waals surface area contributed by atoms with Crippen molar-refractivity contribution in [2.75, 3.05) is 5.32 Å². The molecule has 0 saturated carbocycles. The van der Waals surface area contributed by atoms with Crippen LogP contribution in [-0.4, -0.2) is 16.1 Å². The molecular weight excluding hydrogens is 360 g/mol. The summed E-state index contributed by atoms with van der Waals surface area (Å²) in [6.07, 6.45) is 1.71. The summed E-state index contributed by atoms with van der Waals surface area (Å²) in [4.78, 5) is 18.0. The molecule has 0 fully saturated rings. The molecule has 3 nitrogen and oxygen atoms in total. The number of amides is 1. The third-order valence-corrected chi connectivity index (χ3v) is 5.14. The van der Waals surface area contributed by atoms with Gasteiger partial charge < -0.3 is 5.32 Å². The van der Waals surface area contributed by atoms with Crippen molar-refractivity contribution in [2.24, 2.45) is 0 Å². The number of carbonyl (C=O) groups excluding carboxylic acids is 1. The molecule has 1 N–H and O–H groups in total. The van der Waals surface area contributed by atoms with Crippen LogP contribution in [-0.2, 0) is 0 Å². The second-order valence-corrected chi connectivity index (χ2v) is 8.30. The molecule has 2 aromatic heterocycles. The topological polar surface area (TPSA) is 42.0 Å². The molecule has 0 aliphatic carbocycles. The average Bonchev–Trinajstić information content (AvgIpc) is 3.14. The fourth-order valence-electron chi connectivity index (χ4n) is 2.24. The molecule has 0 aliphatic rings. The molecule has 0 radical (unpaired) electrons. The third-order valence-electron chi connectivity index (χ3n) is 3.33. The third kappa shape index (κ3) is 4.98. The monoisotopic (exact) mass is 378 g/mol. The standard InChI is InChI=1S/C21H18N2OS2/c1-15(2)26-21-19(9-4-12-22-21)20(24)23-17-7-3-6-16(14-17)10-11-18-8-5-13-25-18/h3-9,12-15H,1-2H3,(H,23,24). The highest BCUT2D eigenvalue weighted by molar-refractivity contribution is 7.99. The van der Waals surface area contributed by atoms with E-state index in [1.807, 2.05) is 41.8 Å². The van der Waals surface area contributed by atoms with Crippen LogP contribution in [0.5, 0.6) is 0 Å². The summed E-state index contributed by atoms with van der Waals surface area (Å²) in [5.74, 6) is 6.09. The second kappa shape index (κ2) is 8.70. The van der Waals surface area contributed by atoms with Crippen molar-refractivity contribution in [1.29, 1.82) is 0 Å². The first kappa shape index (κ1) is 18.2. The van der Waals surface area contributed by atoms with E-state index in [4.69, 9.17) is 0 Å². The van der Waals surface area contributed by atoms with E-state index in [1.54, 1.807) is 41.4 Å². The van der Waals surface area contributed by atoms with Gasteiger partial charge in [-0.2, -0.15) is 0 Å². The van der Waals surface area contributed by atoms with Crippen LogP contribution in [0.3, 0.4) is 0 Å². The molecule has 3 aromatic rings. The number of nitrogens with one attached hydrogen (secondary N) is 1. The van der Waals surface area contributed by atoms with Gasteiger partial charge in [-0.25, -0.2) is 4.98 Å². The van der Waals surface area contributed by atoms with Gasteiger partial charge in [-0.15, -0.1) is 23.1 Å². The van der Waals surface area contributed by atoms with Crippen LogP contribution < -0.4 is 5.32 Å². The molecule has 1 aromatic carbocycles. The number of hydrogen-bond donors (Lipinski definition) is 1. The number of carbonyl (C=O) groups is 1. The SMILES string of the molecule is CC(C)Sc1ncccc1C(=O)Nc1cccc(C#Cc2cccs2)c1. The van der Waals surface area contributed by atoms with E-state index < -0.39 is 0 Å². The highest BCUT2D eigenvalue weighted by Crippen LogP contribution is 2.25. The highest BCUT2D eigenvalue weighted by Gasteiger charge is 2.14. The molecule has 130 valence electrons. The van der Waals surface area contributed by atoms with Gasteiger partial charge >= 0.3 is 0 Å². The minimum absolute atomic E-state index is 0.162. The highest BCUT2D eigenvalue weighted by atomic mass is 32.2. The fraction of sp³-hybridized carbons (Fsp3) is 0.143. The zero-order chi connectivity index (χ0) is 18.4.